The zero-order valence-corrected chi connectivity index (χ0v) is 18.1. The summed E-state index contributed by atoms with van der Waals surface area (Å²) in [4.78, 5) is 26.9. The van der Waals surface area contributed by atoms with E-state index >= 15 is 0 Å². The lowest BCUT2D eigenvalue weighted by atomic mass is 10.1. The van der Waals surface area contributed by atoms with Crippen LogP contribution < -0.4 is 14.4 Å². The first kappa shape index (κ1) is 21.0. The van der Waals surface area contributed by atoms with Crippen LogP contribution in [0.4, 0.5) is 11.5 Å². The van der Waals surface area contributed by atoms with Crippen molar-refractivity contribution >= 4 is 29.0 Å². The van der Waals surface area contributed by atoms with E-state index in [4.69, 9.17) is 21.1 Å². The van der Waals surface area contributed by atoms with Gasteiger partial charge in [0, 0.05) is 43.9 Å². The van der Waals surface area contributed by atoms with E-state index < -0.39 is 4.92 Å². The van der Waals surface area contributed by atoms with Crippen LogP contribution in [0.15, 0.2) is 48.5 Å². The first-order chi connectivity index (χ1) is 16.0. The molecule has 10 nitrogen and oxygen atoms in total. The third kappa shape index (κ3) is 4.12. The SMILES string of the molecule is O=C(c1ccc([N+](=O)[O-])cc1Cl)N1CCN(c2ccc(-c3ccc4c(c3)OCO4)nn2)CC1. The normalized spacial score (nSPS) is 14.9. The van der Waals surface area contributed by atoms with Gasteiger partial charge in [-0.3, -0.25) is 14.9 Å². The number of non-ortho nitro benzene ring substituents is 1. The van der Waals surface area contributed by atoms with E-state index in [0.29, 0.717) is 37.7 Å². The van der Waals surface area contributed by atoms with Crippen molar-refractivity contribution < 1.29 is 19.2 Å². The van der Waals surface area contributed by atoms with Crippen molar-refractivity contribution in [2.45, 2.75) is 0 Å². The molecular formula is C22H18ClN5O5. The van der Waals surface area contributed by atoms with Gasteiger partial charge >= 0.3 is 0 Å². The Morgan fingerprint density at radius 3 is 2.45 bits per heavy atom. The largest absolute Gasteiger partial charge is 0.454 e. The molecule has 1 amide bonds. The van der Waals surface area contributed by atoms with Gasteiger partial charge in [-0.1, -0.05) is 11.6 Å². The van der Waals surface area contributed by atoms with Crippen molar-refractivity contribution in [3.8, 4) is 22.8 Å². The third-order valence-electron chi connectivity index (χ3n) is 5.60. The van der Waals surface area contributed by atoms with Crippen molar-refractivity contribution in [2.75, 3.05) is 37.9 Å². The highest BCUT2D eigenvalue weighted by Gasteiger charge is 2.25. The fraction of sp³-hybridized carbons (Fsp3) is 0.227. The van der Waals surface area contributed by atoms with Crippen LogP contribution in [0, 0.1) is 10.1 Å². The van der Waals surface area contributed by atoms with E-state index in [-0.39, 0.29) is 29.0 Å². The Balaban J connectivity index is 1.23. The zero-order valence-electron chi connectivity index (χ0n) is 17.3. The van der Waals surface area contributed by atoms with Crippen LogP contribution in [0.5, 0.6) is 11.5 Å². The van der Waals surface area contributed by atoms with Crippen molar-refractivity contribution in [2.24, 2.45) is 0 Å². The second-order valence-corrected chi connectivity index (χ2v) is 7.95. The van der Waals surface area contributed by atoms with Crippen LogP contribution in [-0.4, -0.2) is 58.9 Å². The highest BCUT2D eigenvalue weighted by atomic mass is 35.5. The van der Waals surface area contributed by atoms with Crippen molar-refractivity contribution in [1.29, 1.82) is 0 Å². The first-order valence-electron chi connectivity index (χ1n) is 10.2. The second kappa shape index (κ2) is 8.55. The lowest BCUT2D eigenvalue weighted by Crippen LogP contribution is -2.49. The Morgan fingerprint density at radius 1 is 0.970 bits per heavy atom. The number of carbonyl (C=O) groups excluding carboxylic acids is 1. The number of piperazine rings is 1. The number of nitrogens with zero attached hydrogens (tertiary/aromatic N) is 5. The number of halogens is 1. The number of anilines is 1. The maximum Gasteiger partial charge on any atom is 0.270 e. The maximum atomic E-state index is 12.8. The Morgan fingerprint density at radius 2 is 1.76 bits per heavy atom. The van der Waals surface area contributed by atoms with Gasteiger partial charge in [0.15, 0.2) is 17.3 Å². The van der Waals surface area contributed by atoms with Crippen LogP contribution in [0.25, 0.3) is 11.3 Å². The molecule has 2 aliphatic heterocycles. The van der Waals surface area contributed by atoms with Gasteiger partial charge in [-0.25, -0.2) is 0 Å². The molecule has 3 heterocycles. The van der Waals surface area contributed by atoms with Gasteiger partial charge in [-0.05, 0) is 36.4 Å². The average Bonchev–Trinajstić information content (AvgIpc) is 3.32. The highest BCUT2D eigenvalue weighted by Crippen LogP contribution is 2.35. The number of nitro benzene ring substituents is 1. The minimum Gasteiger partial charge on any atom is -0.454 e. The van der Waals surface area contributed by atoms with Crippen LogP contribution >= 0.6 is 11.6 Å². The number of ether oxygens (including phenoxy) is 2. The smallest absolute Gasteiger partial charge is 0.270 e. The molecule has 0 spiro atoms. The Kier molecular flexibility index (Phi) is 5.43. The summed E-state index contributed by atoms with van der Waals surface area (Å²) < 4.78 is 10.8. The summed E-state index contributed by atoms with van der Waals surface area (Å²) in [7, 11) is 0. The van der Waals surface area contributed by atoms with Crippen LogP contribution in [-0.2, 0) is 0 Å². The van der Waals surface area contributed by atoms with Gasteiger partial charge < -0.3 is 19.3 Å². The molecule has 0 N–H and O–H groups in total. The number of carbonyl (C=O) groups is 1. The Bertz CT molecular complexity index is 1230. The molecule has 0 unspecified atom stereocenters. The fourth-order valence-electron chi connectivity index (χ4n) is 3.80. The van der Waals surface area contributed by atoms with Crippen molar-refractivity contribution in [3.63, 3.8) is 0 Å². The maximum absolute atomic E-state index is 12.8. The summed E-state index contributed by atoms with van der Waals surface area (Å²) in [5, 5.41) is 19.6. The van der Waals surface area contributed by atoms with Gasteiger partial charge in [0.05, 0.1) is 21.2 Å². The second-order valence-electron chi connectivity index (χ2n) is 7.55. The third-order valence-corrected chi connectivity index (χ3v) is 5.92. The number of amides is 1. The summed E-state index contributed by atoms with van der Waals surface area (Å²) in [6.45, 7) is 2.31. The summed E-state index contributed by atoms with van der Waals surface area (Å²) >= 11 is 6.11. The molecule has 0 radical (unpaired) electrons. The predicted octanol–water partition coefficient (Wildman–Crippen LogP) is 3.40. The van der Waals surface area contributed by atoms with E-state index in [1.807, 2.05) is 30.3 Å². The summed E-state index contributed by atoms with van der Waals surface area (Å²) in [5.41, 5.74) is 1.71. The lowest BCUT2D eigenvalue weighted by Gasteiger charge is -2.35. The number of hydrogen-bond acceptors (Lipinski definition) is 8. The summed E-state index contributed by atoms with van der Waals surface area (Å²) in [5.74, 6) is 1.87. The molecule has 11 heteroatoms. The summed E-state index contributed by atoms with van der Waals surface area (Å²) in [6, 6.07) is 13.3. The number of aromatic nitrogens is 2. The minimum atomic E-state index is -0.544. The zero-order chi connectivity index (χ0) is 22.9. The van der Waals surface area contributed by atoms with E-state index in [1.165, 1.54) is 18.2 Å². The number of benzene rings is 2. The summed E-state index contributed by atoms with van der Waals surface area (Å²) in [6.07, 6.45) is 0. The fourth-order valence-corrected chi connectivity index (χ4v) is 4.06. The Labute approximate surface area is 193 Å². The predicted molar refractivity (Wildman–Crippen MR) is 120 cm³/mol. The average molecular weight is 468 g/mol. The van der Waals surface area contributed by atoms with E-state index in [9.17, 15) is 14.9 Å². The molecule has 2 aliphatic rings. The number of nitro groups is 1. The van der Waals surface area contributed by atoms with Gasteiger partial charge in [-0.2, -0.15) is 0 Å². The standard InChI is InChI=1S/C22H18ClN5O5/c23-17-12-15(28(30)31)2-3-16(17)22(29)27-9-7-26(8-10-27)21-6-4-18(24-25-21)14-1-5-19-20(11-14)33-13-32-19/h1-6,11-12H,7-10,13H2. The lowest BCUT2D eigenvalue weighted by molar-refractivity contribution is -0.384. The molecule has 2 aromatic carbocycles. The van der Waals surface area contributed by atoms with Crippen molar-refractivity contribution in [1.82, 2.24) is 15.1 Å². The van der Waals surface area contributed by atoms with Crippen LogP contribution in [0.1, 0.15) is 10.4 Å². The number of rotatable bonds is 4. The van der Waals surface area contributed by atoms with Crippen LogP contribution in [0.3, 0.4) is 0 Å². The molecule has 5 rings (SSSR count). The number of hydrogen-bond donors (Lipinski definition) is 0. The molecule has 1 aromatic heterocycles. The first-order valence-corrected chi connectivity index (χ1v) is 10.6. The highest BCUT2D eigenvalue weighted by molar-refractivity contribution is 6.34. The molecule has 0 aliphatic carbocycles. The van der Waals surface area contributed by atoms with Gasteiger partial charge in [0.2, 0.25) is 6.79 Å². The molecule has 33 heavy (non-hydrogen) atoms. The van der Waals surface area contributed by atoms with Gasteiger partial charge in [0.25, 0.3) is 11.6 Å². The monoisotopic (exact) mass is 467 g/mol. The molecule has 0 saturated carbocycles. The molecule has 3 aromatic rings. The van der Waals surface area contributed by atoms with E-state index in [2.05, 4.69) is 15.1 Å². The molecule has 1 fully saturated rings. The van der Waals surface area contributed by atoms with Crippen molar-refractivity contribution in [3.05, 3.63) is 69.2 Å². The van der Waals surface area contributed by atoms with Crippen LogP contribution in [0.2, 0.25) is 5.02 Å². The Hall–Kier alpha value is -3.92. The van der Waals surface area contributed by atoms with Gasteiger partial charge in [0.1, 0.15) is 0 Å². The van der Waals surface area contributed by atoms with E-state index in [0.717, 1.165) is 17.1 Å². The topological polar surface area (TPSA) is 111 Å². The molecule has 1 saturated heterocycles. The molecular weight excluding hydrogens is 450 g/mol. The molecule has 0 bridgehead atoms. The molecule has 0 atom stereocenters. The quantitative estimate of drug-likeness (QED) is 0.424. The molecule has 168 valence electrons. The van der Waals surface area contributed by atoms with E-state index in [1.54, 1.807) is 4.90 Å². The number of fused-ring (bicyclic) bond motifs is 1. The minimum absolute atomic E-state index is 0.0709. The van der Waals surface area contributed by atoms with Gasteiger partial charge in [-0.15, -0.1) is 10.2 Å².